The molecule has 13 heavy (non-hydrogen) atoms. The smallest absolute Gasteiger partial charge is 0.0406 e. The van der Waals surface area contributed by atoms with E-state index in [0.717, 1.165) is 11.8 Å². The highest BCUT2D eigenvalue weighted by Gasteiger charge is 2.32. The van der Waals surface area contributed by atoms with Crippen LogP contribution in [-0.4, -0.2) is 18.0 Å². The molecule has 1 N–H and O–H groups in total. The van der Waals surface area contributed by atoms with E-state index in [-0.39, 0.29) is 0 Å². The maximum atomic E-state index is 6.03. The molecule has 2 fully saturated rings. The Labute approximate surface area is 86.2 Å². The van der Waals surface area contributed by atoms with Crippen LogP contribution in [0.2, 0.25) is 0 Å². The molecule has 0 aliphatic heterocycles. The average Bonchev–Trinajstić information content (AvgIpc) is 2.84. The van der Waals surface area contributed by atoms with Gasteiger partial charge in [0.25, 0.3) is 0 Å². The number of hydrogen-bond donors (Lipinski definition) is 1. The van der Waals surface area contributed by atoms with E-state index in [1.165, 1.54) is 51.5 Å². The van der Waals surface area contributed by atoms with Gasteiger partial charge in [-0.05, 0) is 31.7 Å². The minimum absolute atomic E-state index is 0.316. The molecular formula is C11H20ClN. The highest BCUT2D eigenvalue weighted by molar-refractivity contribution is 6.18. The van der Waals surface area contributed by atoms with Crippen molar-refractivity contribution in [2.75, 3.05) is 12.4 Å². The van der Waals surface area contributed by atoms with Crippen molar-refractivity contribution in [3.8, 4) is 0 Å². The maximum absolute atomic E-state index is 6.03. The van der Waals surface area contributed by atoms with Gasteiger partial charge in [0, 0.05) is 11.4 Å². The van der Waals surface area contributed by atoms with Crippen LogP contribution < -0.4 is 5.32 Å². The zero-order valence-corrected chi connectivity index (χ0v) is 9.08. The second kappa shape index (κ2) is 4.18. The first-order valence-corrected chi connectivity index (χ1v) is 6.19. The van der Waals surface area contributed by atoms with Crippen molar-refractivity contribution >= 4 is 11.6 Å². The van der Waals surface area contributed by atoms with Crippen LogP contribution in [0, 0.1) is 5.92 Å². The number of halogens is 1. The van der Waals surface area contributed by atoms with Gasteiger partial charge in [-0.3, -0.25) is 0 Å². The van der Waals surface area contributed by atoms with Crippen LogP contribution in [0.1, 0.15) is 44.9 Å². The van der Waals surface area contributed by atoms with E-state index in [1.54, 1.807) is 0 Å². The van der Waals surface area contributed by atoms with Crippen LogP contribution in [0.15, 0.2) is 0 Å². The van der Waals surface area contributed by atoms with Gasteiger partial charge in [-0.25, -0.2) is 0 Å². The fraction of sp³-hybridized carbons (Fsp3) is 1.00. The molecule has 0 unspecified atom stereocenters. The van der Waals surface area contributed by atoms with E-state index >= 15 is 0 Å². The van der Waals surface area contributed by atoms with Gasteiger partial charge in [-0.15, -0.1) is 11.6 Å². The zero-order chi connectivity index (χ0) is 9.15. The molecule has 0 aromatic rings. The van der Waals surface area contributed by atoms with Crippen molar-refractivity contribution in [1.82, 2.24) is 5.32 Å². The van der Waals surface area contributed by atoms with E-state index in [2.05, 4.69) is 5.32 Å². The molecule has 0 aromatic carbocycles. The SMILES string of the molecule is ClCC1(NCCC2CC2)CCCC1. The van der Waals surface area contributed by atoms with Crippen LogP contribution >= 0.6 is 11.6 Å². The summed E-state index contributed by atoms with van der Waals surface area (Å²) in [5.74, 6) is 1.85. The normalized spacial score (nSPS) is 26.5. The Morgan fingerprint density at radius 2 is 1.92 bits per heavy atom. The predicted octanol–water partition coefficient (Wildman–Crippen LogP) is 2.93. The van der Waals surface area contributed by atoms with Crippen molar-refractivity contribution in [3.05, 3.63) is 0 Å². The van der Waals surface area contributed by atoms with E-state index in [9.17, 15) is 0 Å². The van der Waals surface area contributed by atoms with Gasteiger partial charge < -0.3 is 5.32 Å². The molecule has 0 bridgehead atoms. The quantitative estimate of drug-likeness (QED) is 0.675. The Morgan fingerprint density at radius 1 is 1.23 bits per heavy atom. The van der Waals surface area contributed by atoms with Gasteiger partial charge in [0.2, 0.25) is 0 Å². The molecule has 2 aliphatic carbocycles. The van der Waals surface area contributed by atoms with Crippen molar-refractivity contribution in [3.63, 3.8) is 0 Å². The second-order valence-electron chi connectivity index (χ2n) is 4.78. The first-order valence-electron chi connectivity index (χ1n) is 5.66. The molecule has 0 spiro atoms. The number of alkyl halides is 1. The molecule has 2 aliphatic rings. The second-order valence-corrected chi connectivity index (χ2v) is 5.05. The molecule has 2 saturated carbocycles. The molecule has 0 atom stereocenters. The third kappa shape index (κ3) is 2.60. The van der Waals surface area contributed by atoms with E-state index < -0.39 is 0 Å². The van der Waals surface area contributed by atoms with Gasteiger partial charge >= 0.3 is 0 Å². The largest absolute Gasteiger partial charge is 0.310 e. The molecule has 0 amide bonds. The van der Waals surface area contributed by atoms with Crippen LogP contribution in [0.25, 0.3) is 0 Å². The lowest BCUT2D eigenvalue weighted by molar-refractivity contribution is 0.364. The third-order valence-electron chi connectivity index (χ3n) is 3.57. The lowest BCUT2D eigenvalue weighted by Crippen LogP contribution is -2.45. The maximum Gasteiger partial charge on any atom is 0.0406 e. The Bertz CT molecular complexity index is 159. The van der Waals surface area contributed by atoms with Gasteiger partial charge in [0.15, 0.2) is 0 Å². The number of hydrogen-bond acceptors (Lipinski definition) is 1. The molecule has 76 valence electrons. The summed E-state index contributed by atoms with van der Waals surface area (Å²) in [6.07, 6.45) is 9.62. The number of nitrogens with one attached hydrogen (secondary N) is 1. The van der Waals surface area contributed by atoms with Crippen LogP contribution in [0.5, 0.6) is 0 Å². The van der Waals surface area contributed by atoms with Crippen molar-refractivity contribution in [2.24, 2.45) is 5.92 Å². The summed E-state index contributed by atoms with van der Waals surface area (Å²) in [5, 5.41) is 3.68. The Balaban J connectivity index is 1.69. The van der Waals surface area contributed by atoms with Gasteiger partial charge in [-0.2, -0.15) is 0 Å². The predicted molar refractivity (Wildman–Crippen MR) is 57.3 cm³/mol. The minimum atomic E-state index is 0.316. The molecule has 2 heteroatoms. The summed E-state index contributed by atoms with van der Waals surface area (Å²) < 4.78 is 0. The van der Waals surface area contributed by atoms with E-state index in [4.69, 9.17) is 11.6 Å². The highest BCUT2D eigenvalue weighted by Crippen LogP contribution is 2.34. The fourth-order valence-corrected chi connectivity index (χ4v) is 2.72. The summed E-state index contributed by atoms with van der Waals surface area (Å²) >= 11 is 6.03. The molecule has 2 rings (SSSR count). The van der Waals surface area contributed by atoms with Crippen LogP contribution in [0.3, 0.4) is 0 Å². The van der Waals surface area contributed by atoms with Crippen LogP contribution in [0.4, 0.5) is 0 Å². The molecule has 1 nitrogen and oxygen atoms in total. The molecule has 0 saturated heterocycles. The lowest BCUT2D eigenvalue weighted by Gasteiger charge is -2.28. The lowest BCUT2D eigenvalue weighted by atomic mass is 10.0. The first kappa shape index (κ1) is 9.79. The Morgan fingerprint density at radius 3 is 2.46 bits per heavy atom. The topological polar surface area (TPSA) is 12.0 Å². The van der Waals surface area contributed by atoms with Gasteiger partial charge in [0.05, 0.1) is 0 Å². The van der Waals surface area contributed by atoms with Crippen LogP contribution in [-0.2, 0) is 0 Å². The molecule has 0 radical (unpaired) electrons. The summed E-state index contributed by atoms with van der Waals surface area (Å²) in [4.78, 5) is 0. The molecular weight excluding hydrogens is 182 g/mol. The van der Waals surface area contributed by atoms with Crippen molar-refractivity contribution < 1.29 is 0 Å². The minimum Gasteiger partial charge on any atom is -0.310 e. The Hall–Kier alpha value is 0.250. The van der Waals surface area contributed by atoms with E-state index in [0.29, 0.717) is 5.54 Å². The summed E-state index contributed by atoms with van der Waals surface area (Å²) in [7, 11) is 0. The van der Waals surface area contributed by atoms with Gasteiger partial charge in [-0.1, -0.05) is 25.7 Å². The van der Waals surface area contributed by atoms with Gasteiger partial charge in [0.1, 0.15) is 0 Å². The van der Waals surface area contributed by atoms with Crippen molar-refractivity contribution in [2.45, 2.75) is 50.5 Å². The summed E-state index contributed by atoms with van der Waals surface area (Å²) in [6.45, 7) is 1.19. The molecule has 0 aromatic heterocycles. The average molecular weight is 202 g/mol. The highest BCUT2D eigenvalue weighted by atomic mass is 35.5. The Kier molecular flexibility index (Phi) is 3.15. The summed E-state index contributed by atoms with van der Waals surface area (Å²) in [5.41, 5.74) is 0.316. The standard InChI is InChI=1S/C11H20ClN/c12-9-11(6-1-2-7-11)13-8-5-10-3-4-10/h10,13H,1-9H2. The molecule has 0 heterocycles. The zero-order valence-electron chi connectivity index (χ0n) is 8.32. The monoisotopic (exact) mass is 201 g/mol. The summed E-state index contributed by atoms with van der Waals surface area (Å²) in [6, 6.07) is 0. The van der Waals surface area contributed by atoms with E-state index in [1.807, 2.05) is 0 Å². The fourth-order valence-electron chi connectivity index (χ4n) is 2.36. The van der Waals surface area contributed by atoms with Crippen molar-refractivity contribution in [1.29, 1.82) is 0 Å². The first-order chi connectivity index (χ1) is 6.35. The number of rotatable bonds is 5. The third-order valence-corrected chi connectivity index (χ3v) is 4.08.